The first kappa shape index (κ1) is 10.5. The van der Waals surface area contributed by atoms with Crippen LogP contribution in [0.4, 0.5) is 0 Å². The Morgan fingerprint density at radius 2 is 2.15 bits per heavy atom. The summed E-state index contributed by atoms with van der Waals surface area (Å²) < 4.78 is 9.97. The van der Waals surface area contributed by atoms with E-state index in [1.54, 1.807) is 7.11 Å². The van der Waals surface area contributed by atoms with Crippen LogP contribution >= 0.6 is 11.6 Å². The standard InChI is InChI=1S/C10H13ClO2/c1-8-5-9(3-4-10(8)11)6-13-7-12-2/h3-5H,6-7H2,1-2H3. The van der Waals surface area contributed by atoms with Crippen LogP contribution in [0.5, 0.6) is 0 Å². The van der Waals surface area contributed by atoms with Crippen LogP contribution in [0.15, 0.2) is 18.2 Å². The Morgan fingerprint density at radius 3 is 2.77 bits per heavy atom. The summed E-state index contributed by atoms with van der Waals surface area (Å²) in [5, 5.41) is 0.787. The maximum atomic E-state index is 5.88. The van der Waals surface area contributed by atoms with Crippen LogP contribution < -0.4 is 0 Å². The number of hydrogen-bond donors (Lipinski definition) is 0. The second-order valence-electron chi connectivity index (χ2n) is 2.84. The number of hydrogen-bond acceptors (Lipinski definition) is 2. The molecule has 0 amide bonds. The molecule has 1 aromatic rings. The van der Waals surface area contributed by atoms with Crippen LogP contribution in [-0.4, -0.2) is 13.9 Å². The molecule has 0 aliphatic heterocycles. The van der Waals surface area contributed by atoms with Gasteiger partial charge in [-0.1, -0.05) is 23.7 Å². The first-order chi connectivity index (χ1) is 6.24. The summed E-state index contributed by atoms with van der Waals surface area (Å²) in [5.41, 5.74) is 2.18. The van der Waals surface area contributed by atoms with Gasteiger partial charge in [-0.05, 0) is 24.1 Å². The van der Waals surface area contributed by atoms with E-state index in [2.05, 4.69) is 0 Å². The Labute approximate surface area is 83.4 Å². The smallest absolute Gasteiger partial charge is 0.146 e. The van der Waals surface area contributed by atoms with Gasteiger partial charge in [-0.2, -0.15) is 0 Å². The Bertz CT molecular complexity index is 274. The van der Waals surface area contributed by atoms with E-state index < -0.39 is 0 Å². The first-order valence-electron chi connectivity index (χ1n) is 4.05. The fraction of sp³-hybridized carbons (Fsp3) is 0.400. The Morgan fingerprint density at radius 1 is 1.38 bits per heavy atom. The van der Waals surface area contributed by atoms with Gasteiger partial charge in [0.05, 0.1) is 6.61 Å². The number of aryl methyl sites for hydroxylation is 1. The predicted molar refractivity (Wildman–Crippen MR) is 52.9 cm³/mol. The van der Waals surface area contributed by atoms with E-state index in [9.17, 15) is 0 Å². The molecule has 0 saturated carbocycles. The molecule has 0 aliphatic carbocycles. The summed E-state index contributed by atoms with van der Waals surface area (Å²) in [6.45, 7) is 2.86. The van der Waals surface area contributed by atoms with E-state index in [0.717, 1.165) is 16.1 Å². The van der Waals surface area contributed by atoms with Crippen LogP contribution in [0.2, 0.25) is 5.02 Å². The van der Waals surface area contributed by atoms with E-state index in [1.165, 1.54) is 0 Å². The summed E-state index contributed by atoms with van der Waals surface area (Å²) in [7, 11) is 1.60. The van der Waals surface area contributed by atoms with Crippen molar-refractivity contribution in [1.29, 1.82) is 0 Å². The van der Waals surface area contributed by atoms with Crippen LogP contribution in [0.25, 0.3) is 0 Å². The maximum absolute atomic E-state index is 5.88. The SMILES string of the molecule is COCOCc1ccc(Cl)c(C)c1. The highest BCUT2D eigenvalue weighted by molar-refractivity contribution is 6.31. The molecule has 0 N–H and O–H groups in total. The molecule has 0 spiro atoms. The van der Waals surface area contributed by atoms with Crippen LogP contribution in [0, 0.1) is 6.92 Å². The normalized spacial score (nSPS) is 10.4. The van der Waals surface area contributed by atoms with Crippen molar-refractivity contribution in [2.75, 3.05) is 13.9 Å². The lowest BCUT2D eigenvalue weighted by atomic mass is 10.1. The first-order valence-corrected chi connectivity index (χ1v) is 4.43. The van der Waals surface area contributed by atoms with Gasteiger partial charge in [0.25, 0.3) is 0 Å². The zero-order valence-electron chi connectivity index (χ0n) is 7.84. The minimum atomic E-state index is 0.321. The highest BCUT2D eigenvalue weighted by Gasteiger charge is 1.97. The molecular formula is C10H13ClO2. The third-order valence-electron chi connectivity index (χ3n) is 1.69. The number of ether oxygens (including phenoxy) is 2. The third kappa shape index (κ3) is 3.35. The topological polar surface area (TPSA) is 18.5 Å². The zero-order chi connectivity index (χ0) is 9.68. The second-order valence-corrected chi connectivity index (χ2v) is 3.25. The minimum absolute atomic E-state index is 0.321. The molecule has 0 unspecified atom stereocenters. The van der Waals surface area contributed by atoms with Gasteiger partial charge in [-0.3, -0.25) is 0 Å². The number of halogens is 1. The average molecular weight is 201 g/mol. The van der Waals surface area contributed by atoms with E-state index in [1.807, 2.05) is 25.1 Å². The van der Waals surface area contributed by atoms with E-state index >= 15 is 0 Å². The van der Waals surface area contributed by atoms with Crippen molar-refractivity contribution in [2.45, 2.75) is 13.5 Å². The van der Waals surface area contributed by atoms with Gasteiger partial charge < -0.3 is 9.47 Å². The maximum Gasteiger partial charge on any atom is 0.146 e. The number of benzene rings is 1. The molecule has 2 nitrogen and oxygen atoms in total. The van der Waals surface area contributed by atoms with Gasteiger partial charge in [-0.25, -0.2) is 0 Å². The number of methoxy groups -OCH3 is 1. The van der Waals surface area contributed by atoms with Gasteiger partial charge in [-0.15, -0.1) is 0 Å². The Kier molecular flexibility index (Phi) is 4.22. The highest BCUT2D eigenvalue weighted by atomic mass is 35.5. The molecular weight excluding hydrogens is 188 g/mol. The molecule has 0 saturated heterocycles. The largest absolute Gasteiger partial charge is 0.359 e. The van der Waals surface area contributed by atoms with Gasteiger partial charge in [0.1, 0.15) is 6.79 Å². The fourth-order valence-electron chi connectivity index (χ4n) is 1.04. The Hall–Kier alpha value is -0.570. The highest BCUT2D eigenvalue weighted by Crippen LogP contribution is 2.16. The van der Waals surface area contributed by atoms with E-state index in [0.29, 0.717) is 13.4 Å². The Balaban J connectivity index is 2.53. The molecule has 1 aromatic carbocycles. The van der Waals surface area contributed by atoms with Crippen molar-refractivity contribution < 1.29 is 9.47 Å². The van der Waals surface area contributed by atoms with E-state index in [-0.39, 0.29) is 0 Å². The molecule has 0 radical (unpaired) electrons. The van der Waals surface area contributed by atoms with Crippen molar-refractivity contribution in [2.24, 2.45) is 0 Å². The molecule has 1 rings (SSSR count). The zero-order valence-corrected chi connectivity index (χ0v) is 8.60. The van der Waals surface area contributed by atoms with Crippen LogP contribution in [0.1, 0.15) is 11.1 Å². The molecule has 3 heteroatoms. The van der Waals surface area contributed by atoms with Crippen molar-refractivity contribution in [3.05, 3.63) is 34.3 Å². The molecule has 0 fully saturated rings. The summed E-state index contributed by atoms with van der Waals surface area (Å²) in [4.78, 5) is 0. The van der Waals surface area contributed by atoms with Gasteiger partial charge >= 0.3 is 0 Å². The molecule has 0 heterocycles. The van der Waals surface area contributed by atoms with Gasteiger partial charge in [0, 0.05) is 12.1 Å². The van der Waals surface area contributed by atoms with Gasteiger partial charge in [0.2, 0.25) is 0 Å². The summed E-state index contributed by atoms with van der Waals surface area (Å²) >= 11 is 5.88. The van der Waals surface area contributed by atoms with Crippen LogP contribution in [0.3, 0.4) is 0 Å². The van der Waals surface area contributed by atoms with E-state index in [4.69, 9.17) is 21.1 Å². The van der Waals surface area contributed by atoms with Crippen molar-refractivity contribution in [3.8, 4) is 0 Å². The predicted octanol–water partition coefficient (Wildman–Crippen LogP) is 2.77. The van der Waals surface area contributed by atoms with Crippen molar-refractivity contribution >= 4 is 11.6 Å². The van der Waals surface area contributed by atoms with Crippen molar-refractivity contribution in [1.82, 2.24) is 0 Å². The van der Waals surface area contributed by atoms with Crippen LogP contribution in [-0.2, 0) is 16.1 Å². The number of rotatable bonds is 4. The summed E-state index contributed by atoms with van der Waals surface area (Å²) in [5.74, 6) is 0. The lowest BCUT2D eigenvalue weighted by Crippen LogP contribution is -1.97. The van der Waals surface area contributed by atoms with Gasteiger partial charge in [0.15, 0.2) is 0 Å². The fourth-order valence-corrected chi connectivity index (χ4v) is 1.16. The summed E-state index contributed by atoms with van der Waals surface area (Å²) in [6, 6.07) is 5.84. The molecule has 0 aliphatic rings. The minimum Gasteiger partial charge on any atom is -0.359 e. The molecule has 72 valence electrons. The molecule has 0 bridgehead atoms. The summed E-state index contributed by atoms with van der Waals surface area (Å²) in [6.07, 6.45) is 0. The molecule has 0 aromatic heterocycles. The third-order valence-corrected chi connectivity index (χ3v) is 2.12. The average Bonchev–Trinajstić information content (AvgIpc) is 2.12. The molecule has 0 atom stereocenters. The monoisotopic (exact) mass is 200 g/mol. The second kappa shape index (κ2) is 5.22. The van der Waals surface area contributed by atoms with Crippen molar-refractivity contribution in [3.63, 3.8) is 0 Å². The lowest BCUT2D eigenvalue weighted by molar-refractivity contribution is -0.0390. The molecule has 13 heavy (non-hydrogen) atoms. The quantitative estimate of drug-likeness (QED) is 0.550. The lowest BCUT2D eigenvalue weighted by Gasteiger charge is -2.04.